The first-order valence-corrected chi connectivity index (χ1v) is 21.3. The van der Waals surface area contributed by atoms with Gasteiger partial charge in [0.05, 0.1) is 11.1 Å². The minimum absolute atomic E-state index is 0.0812. The molecule has 0 fully saturated rings. The van der Waals surface area contributed by atoms with Crippen LogP contribution in [-0.2, 0) is 29.1 Å². The maximum Gasteiger partial charge on any atom is 0.0726 e. The van der Waals surface area contributed by atoms with Crippen LogP contribution in [0.4, 0.5) is 17.1 Å². The smallest absolute Gasteiger partial charge is 0.0726 e. The lowest BCUT2D eigenvalue weighted by molar-refractivity contribution is 0.332. The van der Waals surface area contributed by atoms with Crippen molar-refractivity contribution in [3.8, 4) is 33.4 Å². The highest BCUT2D eigenvalue weighted by Crippen LogP contribution is 2.64. The van der Waals surface area contributed by atoms with E-state index in [4.69, 9.17) is 0 Å². The summed E-state index contributed by atoms with van der Waals surface area (Å²) in [6, 6.07) is 56.5. The molecule has 0 atom stereocenters. The average Bonchev–Trinajstić information content (AvgIpc) is 3.70. The minimum Gasteiger partial charge on any atom is -0.310 e. The summed E-state index contributed by atoms with van der Waals surface area (Å²) in [5, 5.41) is 0. The maximum atomic E-state index is 2.62. The predicted molar refractivity (Wildman–Crippen MR) is 240 cm³/mol. The van der Waals surface area contributed by atoms with E-state index in [-0.39, 0.29) is 10.8 Å². The Hall–Kier alpha value is -5.66. The third-order valence-corrected chi connectivity index (χ3v) is 14.4. The first-order valence-electron chi connectivity index (χ1n) is 21.3. The second-order valence-corrected chi connectivity index (χ2v) is 18.6. The van der Waals surface area contributed by atoms with Gasteiger partial charge in [-0.2, -0.15) is 0 Å². The van der Waals surface area contributed by atoms with E-state index in [1.807, 2.05) is 0 Å². The van der Waals surface area contributed by atoms with Gasteiger partial charge >= 0.3 is 0 Å². The van der Waals surface area contributed by atoms with Crippen LogP contribution in [0.5, 0.6) is 0 Å². The van der Waals surface area contributed by atoms with Crippen molar-refractivity contribution in [3.05, 3.63) is 196 Å². The van der Waals surface area contributed by atoms with Crippen LogP contribution in [0, 0.1) is 6.92 Å². The molecule has 0 unspecified atom stereocenters. The highest BCUT2D eigenvalue weighted by atomic mass is 15.1. The van der Waals surface area contributed by atoms with Crippen molar-refractivity contribution >= 4 is 17.1 Å². The number of hydrogen-bond donors (Lipinski definition) is 0. The quantitative estimate of drug-likeness (QED) is 0.174. The van der Waals surface area contributed by atoms with E-state index in [2.05, 4.69) is 185 Å². The number of anilines is 3. The fourth-order valence-corrected chi connectivity index (χ4v) is 11.4. The highest BCUT2D eigenvalue weighted by Gasteiger charge is 2.52. The number of hydrogen-bond acceptors (Lipinski definition) is 1. The van der Waals surface area contributed by atoms with Gasteiger partial charge in [-0.25, -0.2) is 0 Å². The Kier molecular flexibility index (Phi) is 7.53. The van der Waals surface area contributed by atoms with Gasteiger partial charge in [-0.1, -0.05) is 143 Å². The highest BCUT2D eigenvalue weighted by molar-refractivity contribution is 6.00. The molecule has 0 aliphatic heterocycles. The van der Waals surface area contributed by atoms with Crippen molar-refractivity contribution < 1.29 is 0 Å². The predicted octanol–water partition coefficient (Wildman–Crippen LogP) is 14.7. The van der Waals surface area contributed by atoms with Crippen LogP contribution in [0.2, 0.25) is 0 Å². The average molecular weight is 738 g/mol. The van der Waals surface area contributed by atoms with Gasteiger partial charge < -0.3 is 4.90 Å². The van der Waals surface area contributed by atoms with Gasteiger partial charge in [0, 0.05) is 16.9 Å². The van der Waals surface area contributed by atoms with Crippen LogP contribution in [-0.4, -0.2) is 0 Å². The zero-order valence-corrected chi connectivity index (χ0v) is 34.0. The van der Waals surface area contributed by atoms with Crippen LogP contribution < -0.4 is 4.90 Å². The van der Waals surface area contributed by atoms with E-state index >= 15 is 0 Å². The van der Waals surface area contributed by atoms with E-state index in [0.717, 1.165) is 6.42 Å². The molecule has 0 saturated heterocycles. The normalized spacial score (nSPS) is 17.2. The second-order valence-electron chi connectivity index (χ2n) is 18.6. The Morgan fingerprint density at radius 1 is 0.421 bits per heavy atom. The zero-order chi connectivity index (χ0) is 38.7. The van der Waals surface area contributed by atoms with Crippen molar-refractivity contribution in [2.45, 2.75) is 89.4 Å². The summed E-state index contributed by atoms with van der Waals surface area (Å²) >= 11 is 0. The van der Waals surface area contributed by atoms with Gasteiger partial charge in [0.15, 0.2) is 0 Å². The van der Waals surface area contributed by atoms with Crippen LogP contribution in [0.1, 0.15) is 103 Å². The lowest BCUT2D eigenvalue weighted by Gasteiger charge is -2.43. The molecule has 0 radical (unpaired) electrons. The van der Waals surface area contributed by atoms with Crippen molar-refractivity contribution in [1.82, 2.24) is 0 Å². The van der Waals surface area contributed by atoms with Gasteiger partial charge in [-0.3, -0.25) is 0 Å². The monoisotopic (exact) mass is 737 g/mol. The summed E-state index contributed by atoms with van der Waals surface area (Å²) in [5.41, 5.74) is 24.3. The standard InChI is InChI=1S/C56H51N/c1-36-31-50-51(55(4,5)30-29-54(50,2)3)35-52(36)57(40-19-7-6-8-20-40)53-34-49-45(33-44(53)39-28-27-37-17-9-10-18-38(37)32-39)43-23-13-16-26-48(43)56(49)46-24-14-11-21-41(46)42-22-12-15-25-47(42)56/h6-8,11-16,19-28,31-35H,9-10,17-18,29-30H2,1-5H3. The molecule has 1 spiro atoms. The molecular formula is C56H51N. The Bertz CT molecular complexity index is 2720. The molecule has 1 heteroatoms. The van der Waals surface area contributed by atoms with Crippen molar-refractivity contribution in [1.29, 1.82) is 0 Å². The molecule has 11 rings (SSSR count). The number of nitrogens with zero attached hydrogens (tertiary/aromatic N) is 1. The lowest BCUT2D eigenvalue weighted by atomic mass is 9.63. The Balaban J connectivity index is 1.27. The first kappa shape index (κ1) is 34.6. The summed E-state index contributed by atoms with van der Waals surface area (Å²) in [7, 11) is 0. The van der Waals surface area contributed by atoms with Gasteiger partial charge in [-0.15, -0.1) is 0 Å². The van der Waals surface area contributed by atoms with Crippen LogP contribution in [0.25, 0.3) is 33.4 Å². The molecular weight excluding hydrogens is 687 g/mol. The van der Waals surface area contributed by atoms with E-state index in [1.54, 1.807) is 0 Å². The fraction of sp³-hybridized carbons (Fsp3) is 0.250. The zero-order valence-electron chi connectivity index (χ0n) is 34.0. The minimum atomic E-state index is -0.429. The third-order valence-electron chi connectivity index (χ3n) is 14.4. The van der Waals surface area contributed by atoms with Crippen molar-refractivity contribution in [3.63, 3.8) is 0 Å². The van der Waals surface area contributed by atoms with Gasteiger partial charge in [0.1, 0.15) is 0 Å². The summed E-state index contributed by atoms with van der Waals surface area (Å²) in [5.74, 6) is 0. The molecule has 57 heavy (non-hydrogen) atoms. The third kappa shape index (κ3) is 4.94. The molecule has 0 saturated carbocycles. The summed E-state index contributed by atoms with van der Waals surface area (Å²) in [6.07, 6.45) is 7.26. The number of para-hydroxylation sites is 1. The molecule has 1 nitrogen and oxygen atoms in total. The van der Waals surface area contributed by atoms with Gasteiger partial charge in [0.25, 0.3) is 0 Å². The number of aryl methyl sites for hydroxylation is 3. The molecule has 0 bridgehead atoms. The number of rotatable bonds is 4. The van der Waals surface area contributed by atoms with E-state index in [9.17, 15) is 0 Å². The molecule has 0 heterocycles. The molecule has 7 aromatic rings. The lowest BCUT2D eigenvalue weighted by Crippen LogP contribution is -2.34. The Labute approximate surface area is 339 Å². The van der Waals surface area contributed by atoms with Gasteiger partial charge in [-0.05, 0) is 164 Å². The Morgan fingerprint density at radius 3 is 1.58 bits per heavy atom. The first-order chi connectivity index (χ1) is 27.7. The molecule has 0 amide bonds. The largest absolute Gasteiger partial charge is 0.310 e. The number of benzene rings is 7. The molecule has 280 valence electrons. The topological polar surface area (TPSA) is 3.24 Å². The molecule has 0 aromatic heterocycles. The SMILES string of the molecule is Cc1cc2c(cc1N(c1ccccc1)c1cc3c(cc1-c1ccc4c(c1)CCCC4)-c1ccccc1C31c3ccccc3-c3ccccc31)C(C)(C)CCC2(C)C. The molecule has 4 aliphatic carbocycles. The van der Waals surface area contributed by atoms with E-state index in [1.165, 1.54) is 133 Å². The summed E-state index contributed by atoms with van der Waals surface area (Å²) < 4.78 is 0. The maximum absolute atomic E-state index is 2.62. The number of fused-ring (bicyclic) bond motifs is 12. The summed E-state index contributed by atoms with van der Waals surface area (Å²) in [6.45, 7) is 12.1. The van der Waals surface area contributed by atoms with Crippen LogP contribution >= 0.6 is 0 Å². The Morgan fingerprint density at radius 2 is 0.947 bits per heavy atom. The molecule has 4 aliphatic rings. The van der Waals surface area contributed by atoms with Crippen LogP contribution in [0.15, 0.2) is 146 Å². The molecule has 7 aromatic carbocycles. The fourth-order valence-electron chi connectivity index (χ4n) is 11.4. The van der Waals surface area contributed by atoms with Crippen molar-refractivity contribution in [2.75, 3.05) is 4.90 Å². The van der Waals surface area contributed by atoms with Crippen molar-refractivity contribution in [2.24, 2.45) is 0 Å². The van der Waals surface area contributed by atoms with Gasteiger partial charge in [0.2, 0.25) is 0 Å². The summed E-state index contributed by atoms with van der Waals surface area (Å²) in [4.78, 5) is 2.62. The van der Waals surface area contributed by atoms with E-state index < -0.39 is 5.41 Å². The second kappa shape index (κ2) is 12.4. The van der Waals surface area contributed by atoms with E-state index in [0.29, 0.717) is 0 Å². The van der Waals surface area contributed by atoms with Crippen LogP contribution in [0.3, 0.4) is 0 Å². The molecule has 0 N–H and O–H groups in total.